The van der Waals surface area contributed by atoms with Gasteiger partial charge in [0.05, 0.1) is 12.0 Å². The molecule has 0 aliphatic heterocycles. The SMILES string of the molecule is N#Cc1c(CC(=O)O)ccc(C(F)F)c1Br. The molecule has 1 rings (SSSR count). The average Bonchev–Trinajstić information content (AvgIpc) is 2.16. The number of benzene rings is 1. The number of rotatable bonds is 3. The van der Waals surface area contributed by atoms with Gasteiger partial charge >= 0.3 is 5.97 Å². The zero-order valence-electron chi connectivity index (χ0n) is 7.88. The second-order valence-electron chi connectivity index (χ2n) is 2.99. The van der Waals surface area contributed by atoms with Crippen LogP contribution in [0.5, 0.6) is 0 Å². The number of nitrogens with zero attached hydrogens (tertiary/aromatic N) is 1. The Kier molecular flexibility index (Phi) is 3.96. The molecule has 0 aliphatic rings. The average molecular weight is 290 g/mol. The van der Waals surface area contributed by atoms with E-state index in [2.05, 4.69) is 15.9 Å². The number of alkyl halides is 2. The summed E-state index contributed by atoms with van der Waals surface area (Å²) in [6.07, 6.45) is -3.08. The van der Waals surface area contributed by atoms with Crippen molar-refractivity contribution in [2.75, 3.05) is 0 Å². The molecule has 1 N–H and O–H groups in total. The Bertz CT molecular complexity index is 469. The summed E-state index contributed by atoms with van der Waals surface area (Å²) in [4.78, 5) is 10.5. The maximum Gasteiger partial charge on any atom is 0.307 e. The minimum Gasteiger partial charge on any atom is -0.481 e. The van der Waals surface area contributed by atoms with Crippen LogP contribution in [0.3, 0.4) is 0 Å². The summed E-state index contributed by atoms with van der Waals surface area (Å²) < 4.78 is 24.9. The van der Waals surface area contributed by atoms with Gasteiger partial charge in [0.1, 0.15) is 6.07 Å². The third kappa shape index (κ3) is 2.55. The molecule has 0 atom stereocenters. The molecule has 0 saturated heterocycles. The molecule has 1 aromatic carbocycles. The van der Waals surface area contributed by atoms with E-state index in [0.717, 1.165) is 6.07 Å². The number of halogens is 3. The highest BCUT2D eigenvalue weighted by Crippen LogP contribution is 2.31. The van der Waals surface area contributed by atoms with Gasteiger partial charge in [-0.2, -0.15) is 5.26 Å². The summed E-state index contributed by atoms with van der Waals surface area (Å²) in [5, 5.41) is 17.4. The zero-order chi connectivity index (χ0) is 12.3. The Morgan fingerprint density at radius 3 is 2.62 bits per heavy atom. The van der Waals surface area contributed by atoms with Crippen molar-refractivity contribution < 1.29 is 18.7 Å². The summed E-state index contributed by atoms with van der Waals surface area (Å²) in [6, 6.07) is 4.07. The Morgan fingerprint density at radius 1 is 1.56 bits per heavy atom. The van der Waals surface area contributed by atoms with E-state index in [-0.39, 0.29) is 27.6 Å². The van der Waals surface area contributed by atoms with Crippen molar-refractivity contribution >= 4 is 21.9 Å². The Balaban J connectivity index is 3.31. The predicted octanol–water partition coefficient (Wildman–Crippen LogP) is 2.89. The Morgan fingerprint density at radius 2 is 2.19 bits per heavy atom. The van der Waals surface area contributed by atoms with Crippen LogP contribution in [-0.4, -0.2) is 11.1 Å². The quantitative estimate of drug-likeness (QED) is 0.931. The van der Waals surface area contributed by atoms with Gasteiger partial charge in [0.2, 0.25) is 0 Å². The molecular weight excluding hydrogens is 284 g/mol. The molecule has 0 radical (unpaired) electrons. The standard InChI is InChI=1S/C10H6BrF2NO2/c11-9-6(10(12)13)2-1-5(3-8(15)16)7(9)4-14/h1-2,10H,3H2,(H,15,16). The van der Waals surface area contributed by atoms with Crippen LogP contribution in [0.2, 0.25) is 0 Å². The fourth-order valence-electron chi connectivity index (χ4n) is 1.23. The van der Waals surface area contributed by atoms with Gasteiger partial charge in [0.15, 0.2) is 0 Å². The summed E-state index contributed by atoms with van der Waals surface area (Å²) in [7, 11) is 0. The highest BCUT2D eigenvalue weighted by Gasteiger charge is 2.18. The molecule has 16 heavy (non-hydrogen) atoms. The largest absolute Gasteiger partial charge is 0.481 e. The summed E-state index contributed by atoms with van der Waals surface area (Å²) in [6.45, 7) is 0. The molecule has 0 aliphatic carbocycles. The predicted molar refractivity (Wildman–Crippen MR) is 55.2 cm³/mol. The first-order chi connectivity index (χ1) is 7.47. The van der Waals surface area contributed by atoms with Crippen LogP contribution in [0.1, 0.15) is 23.1 Å². The number of aliphatic carboxylic acids is 1. The van der Waals surface area contributed by atoms with Crippen LogP contribution in [0.15, 0.2) is 16.6 Å². The van der Waals surface area contributed by atoms with Gasteiger partial charge in [-0.25, -0.2) is 8.78 Å². The third-order valence-electron chi connectivity index (χ3n) is 1.95. The molecule has 0 bridgehead atoms. The molecule has 3 nitrogen and oxygen atoms in total. The zero-order valence-corrected chi connectivity index (χ0v) is 9.46. The van der Waals surface area contributed by atoms with Gasteiger partial charge in [0.25, 0.3) is 6.43 Å². The first-order valence-corrected chi connectivity index (χ1v) is 4.98. The molecule has 0 spiro atoms. The van der Waals surface area contributed by atoms with Crippen LogP contribution in [-0.2, 0) is 11.2 Å². The van der Waals surface area contributed by atoms with E-state index in [9.17, 15) is 13.6 Å². The number of carboxylic acid groups (broad SMARTS) is 1. The van der Waals surface area contributed by atoms with E-state index in [0.29, 0.717) is 0 Å². The van der Waals surface area contributed by atoms with Crippen molar-refractivity contribution in [3.05, 3.63) is 33.3 Å². The fourth-order valence-corrected chi connectivity index (χ4v) is 1.88. The molecule has 6 heteroatoms. The van der Waals surface area contributed by atoms with Gasteiger partial charge in [0, 0.05) is 10.0 Å². The van der Waals surface area contributed by atoms with Crippen molar-refractivity contribution in [2.24, 2.45) is 0 Å². The number of hydrogen-bond acceptors (Lipinski definition) is 2. The highest BCUT2D eigenvalue weighted by molar-refractivity contribution is 9.10. The van der Waals surface area contributed by atoms with E-state index < -0.39 is 12.4 Å². The normalized spacial score (nSPS) is 10.2. The minimum absolute atomic E-state index is 0.0382. The van der Waals surface area contributed by atoms with Crippen LogP contribution < -0.4 is 0 Å². The second-order valence-corrected chi connectivity index (χ2v) is 3.78. The molecular formula is C10H6BrF2NO2. The number of nitriles is 1. The molecule has 0 heterocycles. The van der Waals surface area contributed by atoms with Gasteiger partial charge in [-0.3, -0.25) is 4.79 Å². The highest BCUT2D eigenvalue weighted by atomic mass is 79.9. The molecule has 0 fully saturated rings. The third-order valence-corrected chi connectivity index (χ3v) is 2.80. The van der Waals surface area contributed by atoms with E-state index in [1.807, 2.05) is 0 Å². The second kappa shape index (κ2) is 5.03. The summed E-state index contributed by atoms with van der Waals surface area (Å²) in [5.74, 6) is -1.12. The molecule has 0 aromatic heterocycles. The Labute approximate surface area is 98.4 Å². The lowest BCUT2D eigenvalue weighted by atomic mass is 10.0. The topological polar surface area (TPSA) is 61.1 Å². The van der Waals surface area contributed by atoms with Crippen LogP contribution in [0, 0.1) is 11.3 Å². The van der Waals surface area contributed by atoms with Gasteiger partial charge in [-0.05, 0) is 21.5 Å². The first-order valence-electron chi connectivity index (χ1n) is 4.18. The van der Waals surface area contributed by atoms with Crippen LogP contribution in [0.25, 0.3) is 0 Å². The van der Waals surface area contributed by atoms with E-state index in [4.69, 9.17) is 10.4 Å². The monoisotopic (exact) mass is 289 g/mol. The van der Waals surface area contributed by atoms with Crippen molar-refractivity contribution in [1.82, 2.24) is 0 Å². The van der Waals surface area contributed by atoms with Gasteiger partial charge < -0.3 is 5.11 Å². The van der Waals surface area contributed by atoms with E-state index >= 15 is 0 Å². The lowest BCUT2D eigenvalue weighted by Crippen LogP contribution is -2.04. The van der Waals surface area contributed by atoms with Crippen molar-refractivity contribution in [3.8, 4) is 6.07 Å². The molecule has 84 valence electrons. The fraction of sp³-hybridized carbons (Fsp3) is 0.200. The van der Waals surface area contributed by atoms with Crippen molar-refractivity contribution in [3.63, 3.8) is 0 Å². The lowest BCUT2D eigenvalue weighted by molar-refractivity contribution is -0.136. The van der Waals surface area contributed by atoms with E-state index in [1.54, 1.807) is 6.07 Å². The lowest BCUT2D eigenvalue weighted by Gasteiger charge is -2.08. The molecule has 0 amide bonds. The first kappa shape index (κ1) is 12.6. The summed E-state index contributed by atoms with van der Waals surface area (Å²) in [5.41, 5.74) is -0.155. The molecule has 0 saturated carbocycles. The number of carboxylic acids is 1. The van der Waals surface area contributed by atoms with Crippen LogP contribution in [0.4, 0.5) is 8.78 Å². The van der Waals surface area contributed by atoms with Crippen molar-refractivity contribution in [1.29, 1.82) is 5.26 Å². The van der Waals surface area contributed by atoms with Gasteiger partial charge in [-0.15, -0.1) is 0 Å². The number of carbonyl (C=O) groups is 1. The smallest absolute Gasteiger partial charge is 0.307 e. The summed E-state index contributed by atoms with van der Waals surface area (Å²) >= 11 is 2.89. The van der Waals surface area contributed by atoms with Crippen molar-refractivity contribution in [2.45, 2.75) is 12.8 Å². The molecule has 0 unspecified atom stereocenters. The van der Waals surface area contributed by atoms with Gasteiger partial charge in [-0.1, -0.05) is 12.1 Å². The van der Waals surface area contributed by atoms with Crippen LogP contribution >= 0.6 is 15.9 Å². The maximum atomic E-state index is 12.5. The minimum atomic E-state index is -2.71. The molecule has 1 aromatic rings. The maximum absolute atomic E-state index is 12.5. The Hall–Kier alpha value is -1.48. The van der Waals surface area contributed by atoms with E-state index in [1.165, 1.54) is 6.07 Å². The number of hydrogen-bond donors (Lipinski definition) is 1.